The van der Waals surface area contributed by atoms with E-state index in [0.29, 0.717) is 28.2 Å². The molecule has 2 aromatic carbocycles. The lowest BCUT2D eigenvalue weighted by atomic mass is 9.70. The molecule has 0 spiro atoms. The molecule has 1 fully saturated rings. The number of benzene rings is 2. The molecule has 0 amide bonds. The fraction of sp³-hybridized carbons (Fsp3) is 0.409. The molecule has 1 heterocycles. The van der Waals surface area contributed by atoms with Crippen molar-refractivity contribution in [2.45, 2.75) is 57.3 Å². The van der Waals surface area contributed by atoms with Crippen molar-refractivity contribution in [3.63, 3.8) is 0 Å². The van der Waals surface area contributed by atoms with E-state index in [1.54, 1.807) is 24.3 Å². The van der Waals surface area contributed by atoms with Gasteiger partial charge >= 0.3 is 5.97 Å². The Morgan fingerprint density at radius 2 is 1.86 bits per heavy atom. The maximum absolute atomic E-state index is 11.2. The number of phenols is 1. The maximum Gasteiger partial charge on any atom is 0.303 e. The van der Waals surface area contributed by atoms with E-state index >= 15 is 0 Å². The minimum atomic E-state index is -0.845. The molecule has 1 aliphatic rings. The lowest BCUT2D eigenvalue weighted by Gasteiger charge is -2.35. The largest absolute Gasteiger partial charge is 0.505 e. The van der Waals surface area contributed by atoms with Crippen molar-refractivity contribution in [3.05, 3.63) is 46.5 Å². The monoisotopic (exact) mass is 413 g/mol. The van der Waals surface area contributed by atoms with Gasteiger partial charge in [-0.2, -0.15) is 0 Å². The zero-order valence-corrected chi connectivity index (χ0v) is 17.1. The first-order valence-corrected chi connectivity index (χ1v) is 10.3. The van der Waals surface area contributed by atoms with Crippen molar-refractivity contribution in [2.24, 2.45) is 0 Å². The highest BCUT2D eigenvalue weighted by Crippen LogP contribution is 2.45. The maximum atomic E-state index is 11.2. The Kier molecular flexibility index (Phi) is 5.21. The predicted molar refractivity (Wildman–Crippen MR) is 112 cm³/mol. The Morgan fingerprint density at radius 3 is 2.59 bits per heavy atom. The SMILES string of the molecule is CC1(c2cc(CCC(=O)O)cc(-n3nc4ccc(Cl)cc4n3)c2O)CCCCC1. The molecule has 0 aliphatic heterocycles. The summed E-state index contributed by atoms with van der Waals surface area (Å²) in [7, 11) is 0. The average Bonchev–Trinajstić information content (AvgIpc) is 3.10. The predicted octanol–water partition coefficient (Wildman–Crippen LogP) is 5.02. The van der Waals surface area contributed by atoms with Crippen LogP contribution in [0.25, 0.3) is 16.7 Å². The number of aromatic hydroxyl groups is 1. The molecule has 152 valence electrons. The van der Waals surface area contributed by atoms with Gasteiger partial charge in [-0.05, 0) is 54.5 Å². The molecule has 1 aliphatic carbocycles. The molecular weight excluding hydrogens is 390 g/mol. The van der Waals surface area contributed by atoms with Crippen LogP contribution in [0.1, 0.15) is 56.6 Å². The number of phenolic OH excluding ortho intramolecular Hbond substituents is 1. The van der Waals surface area contributed by atoms with Crippen LogP contribution >= 0.6 is 11.6 Å². The van der Waals surface area contributed by atoms with Crippen LogP contribution in [0, 0.1) is 0 Å². The fourth-order valence-corrected chi connectivity index (χ4v) is 4.45. The number of carboxylic acid groups (broad SMARTS) is 1. The highest BCUT2D eigenvalue weighted by Gasteiger charge is 2.33. The van der Waals surface area contributed by atoms with E-state index < -0.39 is 5.97 Å². The number of rotatable bonds is 5. The van der Waals surface area contributed by atoms with Crippen molar-refractivity contribution in [2.75, 3.05) is 0 Å². The van der Waals surface area contributed by atoms with E-state index in [2.05, 4.69) is 17.1 Å². The quantitative estimate of drug-likeness (QED) is 0.613. The smallest absolute Gasteiger partial charge is 0.303 e. The summed E-state index contributed by atoms with van der Waals surface area (Å²) in [4.78, 5) is 12.5. The van der Waals surface area contributed by atoms with Gasteiger partial charge in [-0.25, -0.2) is 0 Å². The first-order chi connectivity index (χ1) is 13.9. The second kappa shape index (κ2) is 7.67. The topological polar surface area (TPSA) is 88.2 Å². The summed E-state index contributed by atoms with van der Waals surface area (Å²) in [6.07, 6.45) is 5.84. The van der Waals surface area contributed by atoms with Crippen molar-refractivity contribution < 1.29 is 15.0 Å². The number of aryl methyl sites for hydroxylation is 1. The summed E-state index contributed by atoms with van der Waals surface area (Å²) in [5, 5.41) is 29.9. The van der Waals surface area contributed by atoms with Gasteiger partial charge in [0.1, 0.15) is 22.5 Å². The van der Waals surface area contributed by atoms with Crippen LogP contribution in [-0.4, -0.2) is 31.2 Å². The summed E-state index contributed by atoms with van der Waals surface area (Å²) < 4.78 is 0. The van der Waals surface area contributed by atoms with Crippen LogP contribution in [-0.2, 0) is 16.6 Å². The second-order valence-electron chi connectivity index (χ2n) is 8.15. The lowest BCUT2D eigenvalue weighted by molar-refractivity contribution is -0.136. The average molecular weight is 414 g/mol. The Bertz CT molecular complexity index is 1070. The second-order valence-corrected chi connectivity index (χ2v) is 8.59. The number of carbonyl (C=O) groups is 1. The van der Waals surface area contributed by atoms with Crippen LogP contribution in [0.15, 0.2) is 30.3 Å². The number of carboxylic acids is 1. The number of halogens is 1. The summed E-state index contributed by atoms with van der Waals surface area (Å²) in [6.45, 7) is 2.18. The molecule has 2 N–H and O–H groups in total. The number of hydrogen-bond donors (Lipinski definition) is 2. The first kappa shape index (κ1) is 19.7. The van der Waals surface area contributed by atoms with Crippen LogP contribution in [0.2, 0.25) is 5.02 Å². The lowest BCUT2D eigenvalue weighted by Crippen LogP contribution is -2.26. The summed E-state index contributed by atoms with van der Waals surface area (Å²) in [6, 6.07) is 9.02. The molecule has 4 rings (SSSR count). The van der Waals surface area contributed by atoms with Gasteiger partial charge in [0, 0.05) is 17.0 Å². The van der Waals surface area contributed by atoms with Crippen LogP contribution in [0.4, 0.5) is 0 Å². The molecule has 0 bridgehead atoms. The fourth-order valence-electron chi connectivity index (χ4n) is 4.28. The van der Waals surface area contributed by atoms with E-state index in [1.165, 1.54) is 11.2 Å². The standard InChI is InChI=1S/C22H24ClN3O3/c1-22(9-3-2-4-10-22)16-11-14(5-8-20(27)28)12-19(21(16)29)26-24-17-7-6-15(23)13-18(17)25-26/h6-7,11-13,29H,2-5,8-10H2,1H3,(H,27,28). The first-order valence-electron chi connectivity index (χ1n) is 9.97. The van der Waals surface area contributed by atoms with Crippen molar-refractivity contribution >= 4 is 28.6 Å². The number of aliphatic carboxylic acids is 1. The number of hydrogen-bond acceptors (Lipinski definition) is 4. The minimum Gasteiger partial charge on any atom is -0.505 e. The van der Waals surface area contributed by atoms with Gasteiger partial charge in [0.15, 0.2) is 0 Å². The molecule has 0 radical (unpaired) electrons. The van der Waals surface area contributed by atoms with Crippen LogP contribution in [0.5, 0.6) is 5.75 Å². The van der Waals surface area contributed by atoms with Crippen molar-refractivity contribution in [1.82, 2.24) is 15.0 Å². The Hall–Kier alpha value is -2.60. The van der Waals surface area contributed by atoms with Crippen LogP contribution < -0.4 is 0 Å². The van der Waals surface area contributed by atoms with Gasteiger partial charge in [-0.3, -0.25) is 4.79 Å². The number of aromatic nitrogens is 3. The van der Waals surface area contributed by atoms with E-state index in [0.717, 1.165) is 36.8 Å². The van der Waals surface area contributed by atoms with Gasteiger partial charge in [-0.15, -0.1) is 15.0 Å². The number of fused-ring (bicyclic) bond motifs is 1. The highest BCUT2D eigenvalue weighted by atomic mass is 35.5. The molecule has 7 heteroatoms. The normalized spacial score (nSPS) is 16.2. The van der Waals surface area contributed by atoms with E-state index in [4.69, 9.17) is 16.7 Å². The molecule has 1 saturated carbocycles. The van der Waals surface area contributed by atoms with E-state index in [9.17, 15) is 9.90 Å². The molecule has 0 atom stereocenters. The third kappa shape index (κ3) is 3.94. The Morgan fingerprint density at radius 1 is 1.14 bits per heavy atom. The molecule has 0 saturated heterocycles. The highest BCUT2D eigenvalue weighted by molar-refractivity contribution is 6.31. The van der Waals surface area contributed by atoms with Gasteiger partial charge < -0.3 is 10.2 Å². The van der Waals surface area contributed by atoms with Crippen molar-refractivity contribution in [1.29, 1.82) is 0 Å². The van der Waals surface area contributed by atoms with E-state index in [1.807, 2.05) is 6.07 Å². The van der Waals surface area contributed by atoms with E-state index in [-0.39, 0.29) is 17.6 Å². The summed E-state index contributed by atoms with van der Waals surface area (Å²) in [5.41, 5.74) is 3.36. The summed E-state index contributed by atoms with van der Waals surface area (Å²) >= 11 is 6.06. The molecule has 6 nitrogen and oxygen atoms in total. The zero-order chi connectivity index (χ0) is 20.6. The number of nitrogens with zero attached hydrogens (tertiary/aromatic N) is 3. The Balaban J connectivity index is 1.85. The van der Waals surface area contributed by atoms with Gasteiger partial charge in [0.05, 0.1) is 0 Å². The Labute approximate surface area is 174 Å². The summed E-state index contributed by atoms with van der Waals surface area (Å²) in [5.74, 6) is -0.678. The molecular formula is C22H24ClN3O3. The van der Waals surface area contributed by atoms with Gasteiger partial charge in [0.25, 0.3) is 0 Å². The van der Waals surface area contributed by atoms with Gasteiger partial charge in [0.2, 0.25) is 0 Å². The third-order valence-corrected chi connectivity index (χ3v) is 6.18. The molecule has 1 aromatic heterocycles. The molecule has 0 unspecified atom stereocenters. The zero-order valence-electron chi connectivity index (χ0n) is 16.4. The van der Waals surface area contributed by atoms with Crippen molar-refractivity contribution in [3.8, 4) is 11.4 Å². The third-order valence-electron chi connectivity index (χ3n) is 5.94. The minimum absolute atomic E-state index is 0.0322. The van der Waals surface area contributed by atoms with Crippen LogP contribution in [0.3, 0.4) is 0 Å². The molecule has 29 heavy (non-hydrogen) atoms. The van der Waals surface area contributed by atoms with Gasteiger partial charge in [-0.1, -0.05) is 43.9 Å². The molecule has 3 aromatic rings.